The molecule has 0 aliphatic carbocycles. The first-order chi connectivity index (χ1) is 13.2. The van der Waals surface area contributed by atoms with Gasteiger partial charge in [-0.25, -0.2) is 9.98 Å². The number of rotatable bonds is 7. The third-order valence-corrected chi connectivity index (χ3v) is 4.29. The van der Waals surface area contributed by atoms with E-state index in [4.69, 9.17) is 4.99 Å². The third kappa shape index (κ3) is 6.99. The van der Waals surface area contributed by atoms with Gasteiger partial charge in [-0.3, -0.25) is 0 Å². The smallest absolute Gasteiger partial charge is 0.191 e. The summed E-state index contributed by atoms with van der Waals surface area (Å²) in [7, 11) is 0. The molecular weight excluding hydrogens is 461 g/mol. The molecule has 0 unspecified atom stereocenters. The quantitative estimate of drug-likeness (QED) is 0.299. The number of guanidine groups is 1. The normalized spacial score (nSPS) is 11.0. The van der Waals surface area contributed by atoms with E-state index < -0.39 is 0 Å². The van der Waals surface area contributed by atoms with Crippen molar-refractivity contribution in [2.45, 2.75) is 33.5 Å². The predicted molar refractivity (Wildman–Crippen MR) is 126 cm³/mol. The minimum absolute atomic E-state index is 0. The molecule has 0 spiro atoms. The lowest BCUT2D eigenvalue weighted by atomic mass is 10.1. The van der Waals surface area contributed by atoms with Crippen molar-refractivity contribution in [3.63, 3.8) is 0 Å². The standard InChI is InChI=1S/C22H27N5.HI/c1-3-24-22(25-14-19-6-4-18(2)5-7-19)26-15-20-8-10-21(11-9-20)16-27-13-12-23-17-27;/h4-13,17H,3,14-16H2,1-2H3,(H2,24,25,26);1H. The summed E-state index contributed by atoms with van der Waals surface area (Å²) in [6.45, 7) is 7.26. The van der Waals surface area contributed by atoms with Crippen molar-refractivity contribution < 1.29 is 0 Å². The van der Waals surface area contributed by atoms with E-state index in [9.17, 15) is 0 Å². The van der Waals surface area contributed by atoms with Crippen LogP contribution in [0.1, 0.15) is 29.2 Å². The van der Waals surface area contributed by atoms with E-state index in [1.54, 1.807) is 6.20 Å². The number of hydrogen-bond donors (Lipinski definition) is 2. The number of aliphatic imine (C=N–C) groups is 1. The molecule has 148 valence electrons. The molecule has 0 saturated carbocycles. The van der Waals surface area contributed by atoms with E-state index in [1.165, 1.54) is 22.3 Å². The van der Waals surface area contributed by atoms with E-state index >= 15 is 0 Å². The second-order valence-electron chi connectivity index (χ2n) is 6.59. The molecule has 0 aliphatic heterocycles. The summed E-state index contributed by atoms with van der Waals surface area (Å²) in [5.74, 6) is 0.834. The molecule has 1 aromatic heterocycles. The molecule has 2 aromatic carbocycles. The van der Waals surface area contributed by atoms with Crippen molar-refractivity contribution in [3.8, 4) is 0 Å². The fourth-order valence-electron chi connectivity index (χ4n) is 2.74. The maximum atomic E-state index is 4.70. The third-order valence-electron chi connectivity index (χ3n) is 4.29. The molecule has 0 radical (unpaired) electrons. The highest BCUT2D eigenvalue weighted by Crippen LogP contribution is 2.08. The van der Waals surface area contributed by atoms with Gasteiger partial charge >= 0.3 is 0 Å². The molecule has 6 heteroatoms. The average Bonchev–Trinajstić information content (AvgIpc) is 3.19. The number of halogens is 1. The van der Waals surface area contributed by atoms with Crippen LogP contribution in [0.15, 0.2) is 72.2 Å². The van der Waals surface area contributed by atoms with Crippen LogP contribution in [0.2, 0.25) is 0 Å². The molecule has 5 nitrogen and oxygen atoms in total. The van der Waals surface area contributed by atoms with Crippen LogP contribution in [-0.4, -0.2) is 22.1 Å². The first kappa shape index (κ1) is 21.9. The minimum atomic E-state index is 0. The number of aromatic nitrogens is 2. The van der Waals surface area contributed by atoms with E-state index in [2.05, 4.69) is 82.6 Å². The Bertz CT molecular complexity index is 840. The Balaban J connectivity index is 0.00000280. The van der Waals surface area contributed by atoms with Crippen molar-refractivity contribution in [1.29, 1.82) is 0 Å². The Morgan fingerprint density at radius 3 is 2.29 bits per heavy atom. The van der Waals surface area contributed by atoms with Gasteiger partial charge in [0, 0.05) is 32.0 Å². The maximum absolute atomic E-state index is 4.70. The summed E-state index contributed by atoms with van der Waals surface area (Å²) in [4.78, 5) is 8.78. The molecule has 0 fully saturated rings. The fourth-order valence-corrected chi connectivity index (χ4v) is 2.74. The molecule has 0 bridgehead atoms. The molecule has 0 amide bonds. The Hall–Kier alpha value is -2.35. The number of aryl methyl sites for hydroxylation is 1. The van der Waals surface area contributed by atoms with E-state index in [0.717, 1.165) is 25.6 Å². The van der Waals surface area contributed by atoms with Crippen LogP contribution in [0.3, 0.4) is 0 Å². The number of benzene rings is 2. The SMILES string of the molecule is CCNC(=NCc1ccc(Cn2ccnc2)cc1)NCc1ccc(C)cc1.I. The molecule has 28 heavy (non-hydrogen) atoms. The highest BCUT2D eigenvalue weighted by Gasteiger charge is 2.00. The van der Waals surface area contributed by atoms with E-state index in [-0.39, 0.29) is 24.0 Å². The molecule has 0 saturated heterocycles. The van der Waals surface area contributed by atoms with Gasteiger partial charge in [-0.1, -0.05) is 54.1 Å². The number of imidazole rings is 1. The maximum Gasteiger partial charge on any atom is 0.191 e. The van der Waals surface area contributed by atoms with Gasteiger partial charge in [-0.2, -0.15) is 0 Å². The summed E-state index contributed by atoms with van der Waals surface area (Å²) >= 11 is 0. The van der Waals surface area contributed by atoms with Crippen LogP contribution in [0.5, 0.6) is 0 Å². The van der Waals surface area contributed by atoms with Gasteiger partial charge in [0.25, 0.3) is 0 Å². The largest absolute Gasteiger partial charge is 0.357 e. The first-order valence-electron chi connectivity index (χ1n) is 9.34. The van der Waals surface area contributed by atoms with Crippen molar-refractivity contribution in [3.05, 3.63) is 89.5 Å². The first-order valence-corrected chi connectivity index (χ1v) is 9.34. The average molecular weight is 489 g/mol. The van der Waals surface area contributed by atoms with Gasteiger partial charge in [0.15, 0.2) is 5.96 Å². The van der Waals surface area contributed by atoms with Crippen LogP contribution in [0.25, 0.3) is 0 Å². The molecular formula is C22H28IN5. The summed E-state index contributed by atoms with van der Waals surface area (Å²) in [5, 5.41) is 6.70. The van der Waals surface area contributed by atoms with Gasteiger partial charge in [-0.15, -0.1) is 24.0 Å². The Morgan fingerprint density at radius 1 is 0.964 bits per heavy atom. The summed E-state index contributed by atoms with van der Waals surface area (Å²) in [6, 6.07) is 17.1. The number of nitrogens with one attached hydrogen (secondary N) is 2. The van der Waals surface area contributed by atoms with Gasteiger partial charge in [0.1, 0.15) is 0 Å². The predicted octanol–water partition coefficient (Wildman–Crippen LogP) is 4.11. The molecule has 3 aromatic rings. The Morgan fingerprint density at radius 2 is 1.64 bits per heavy atom. The summed E-state index contributed by atoms with van der Waals surface area (Å²) in [6.07, 6.45) is 5.61. The summed E-state index contributed by atoms with van der Waals surface area (Å²) in [5.41, 5.74) is 4.97. The highest BCUT2D eigenvalue weighted by atomic mass is 127. The van der Waals surface area contributed by atoms with Crippen LogP contribution in [0, 0.1) is 6.92 Å². The van der Waals surface area contributed by atoms with Gasteiger partial charge in [-0.05, 0) is 30.5 Å². The van der Waals surface area contributed by atoms with Crippen LogP contribution in [-0.2, 0) is 19.6 Å². The van der Waals surface area contributed by atoms with Crippen molar-refractivity contribution in [2.75, 3.05) is 6.54 Å². The summed E-state index contributed by atoms with van der Waals surface area (Å²) < 4.78 is 2.06. The second-order valence-corrected chi connectivity index (χ2v) is 6.59. The zero-order valence-corrected chi connectivity index (χ0v) is 18.8. The van der Waals surface area contributed by atoms with Crippen LogP contribution < -0.4 is 10.6 Å². The highest BCUT2D eigenvalue weighted by molar-refractivity contribution is 14.0. The van der Waals surface area contributed by atoms with E-state index in [1.807, 2.05) is 12.5 Å². The van der Waals surface area contributed by atoms with Crippen LogP contribution >= 0.6 is 24.0 Å². The lowest BCUT2D eigenvalue weighted by molar-refractivity contribution is 0.796. The van der Waals surface area contributed by atoms with Crippen molar-refractivity contribution in [1.82, 2.24) is 20.2 Å². The zero-order chi connectivity index (χ0) is 18.9. The lowest BCUT2D eigenvalue weighted by Crippen LogP contribution is -2.36. The van der Waals surface area contributed by atoms with Crippen molar-refractivity contribution in [2.24, 2.45) is 4.99 Å². The lowest BCUT2D eigenvalue weighted by Gasteiger charge is -2.12. The number of nitrogens with zero attached hydrogens (tertiary/aromatic N) is 3. The zero-order valence-electron chi connectivity index (χ0n) is 16.4. The Labute approximate surface area is 184 Å². The van der Waals surface area contributed by atoms with Crippen LogP contribution in [0.4, 0.5) is 0 Å². The molecule has 0 aliphatic rings. The minimum Gasteiger partial charge on any atom is -0.357 e. The fraction of sp³-hybridized carbons (Fsp3) is 0.273. The van der Waals surface area contributed by atoms with Gasteiger partial charge in [0.2, 0.25) is 0 Å². The molecule has 2 N–H and O–H groups in total. The van der Waals surface area contributed by atoms with E-state index in [0.29, 0.717) is 6.54 Å². The topological polar surface area (TPSA) is 54.2 Å². The Kier molecular flexibility index (Phi) is 9.00. The molecule has 3 rings (SSSR count). The second kappa shape index (κ2) is 11.5. The molecule has 1 heterocycles. The number of hydrogen-bond acceptors (Lipinski definition) is 2. The van der Waals surface area contributed by atoms with Gasteiger partial charge in [0.05, 0.1) is 12.9 Å². The van der Waals surface area contributed by atoms with Crippen molar-refractivity contribution >= 4 is 29.9 Å². The molecule has 0 atom stereocenters. The van der Waals surface area contributed by atoms with Gasteiger partial charge < -0.3 is 15.2 Å². The monoisotopic (exact) mass is 489 g/mol.